The van der Waals surface area contributed by atoms with Crippen LogP contribution in [0.15, 0.2) is 0 Å². The molecule has 2 aliphatic rings. The molecular weight excluding hydrogens is 275 g/mol. The zero-order chi connectivity index (χ0) is 14.9. The fourth-order valence-corrected chi connectivity index (χ4v) is 3.12. The van der Waals surface area contributed by atoms with Crippen LogP contribution >= 0.6 is 0 Å². The van der Waals surface area contributed by atoms with Crippen LogP contribution in [0, 0.1) is 11.8 Å². The average Bonchev–Trinajstić information content (AvgIpc) is 2.79. The molecule has 1 aliphatic heterocycles. The SMILES string of the molecule is COC(=O)C1CC(=O)N(C2CCC(C(F)(F)F)CC2)C1. The summed E-state index contributed by atoms with van der Waals surface area (Å²) < 4.78 is 42.4. The summed E-state index contributed by atoms with van der Waals surface area (Å²) in [7, 11) is 1.27. The molecule has 7 heteroatoms. The number of rotatable bonds is 2. The molecule has 0 N–H and O–H groups in total. The summed E-state index contributed by atoms with van der Waals surface area (Å²) in [4.78, 5) is 24.9. The Morgan fingerprint density at radius 2 is 1.85 bits per heavy atom. The maximum absolute atomic E-state index is 12.6. The van der Waals surface area contributed by atoms with Gasteiger partial charge in [0.25, 0.3) is 0 Å². The van der Waals surface area contributed by atoms with E-state index in [4.69, 9.17) is 0 Å². The van der Waals surface area contributed by atoms with Gasteiger partial charge in [0.2, 0.25) is 5.91 Å². The zero-order valence-corrected chi connectivity index (χ0v) is 11.3. The number of carbonyl (C=O) groups is 2. The summed E-state index contributed by atoms with van der Waals surface area (Å²) in [6, 6.07) is -0.171. The molecule has 1 atom stereocenters. The highest BCUT2D eigenvalue weighted by Gasteiger charge is 2.45. The zero-order valence-electron chi connectivity index (χ0n) is 11.3. The van der Waals surface area contributed by atoms with Crippen LogP contribution in [-0.2, 0) is 14.3 Å². The molecule has 20 heavy (non-hydrogen) atoms. The highest BCUT2D eigenvalue weighted by molar-refractivity contribution is 5.87. The van der Waals surface area contributed by atoms with E-state index in [0.717, 1.165) is 0 Å². The molecule has 0 spiro atoms. The monoisotopic (exact) mass is 293 g/mol. The topological polar surface area (TPSA) is 46.6 Å². The van der Waals surface area contributed by atoms with Gasteiger partial charge in [0.05, 0.1) is 18.9 Å². The second kappa shape index (κ2) is 5.61. The van der Waals surface area contributed by atoms with E-state index in [9.17, 15) is 22.8 Å². The number of amides is 1. The van der Waals surface area contributed by atoms with Crippen LogP contribution in [0.25, 0.3) is 0 Å². The van der Waals surface area contributed by atoms with E-state index < -0.39 is 24.0 Å². The predicted molar refractivity (Wildman–Crippen MR) is 63.6 cm³/mol. The molecule has 0 aromatic heterocycles. The molecule has 1 amide bonds. The third-order valence-electron chi connectivity index (χ3n) is 4.29. The van der Waals surface area contributed by atoms with Crippen LogP contribution in [0.2, 0.25) is 0 Å². The number of likely N-dealkylation sites (tertiary alicyclic amines) is 1. The normalized spacial score (nSPS) is 31.5. The van der Waals surface area contributed by atoms with Gasteiger partial charge in [-0.1, -0.05) is 0 Å². The summed E-state index contributed by atoms with van der Waals surface area (Å²) >= 11 is 0. The molecule has 2 rings (SSSR count). The molecule has 0 bridgehead atoms. The van der Waals surface area contributed by atoms with E-state index >= 15 is 0 Å². The largest absolute Gasteiger partial charge is 0.469 e. The van der Waals surface area contributed by atoms with E-state index in [1.54, 1.807) is 4.90 Å². The maximum atomic E-state index is 12.6. The Morgan fingerprint density at radius 3 is 2.35 bits per heavy atom. The van der Waals surface area contributed by atoms with Crippen molar-refractivity contribution in [1.29, 1.82) is 0 Å². The first-order valence-corrected chi connectivity index (χ1v) is 6.77. The van der Waals surface area contributed by atoms with Gasteiger partial charge in [-0.3, -0.25) is 9.59 Å². The van der Waals surface area contributed by atoms with Gasteiger partial charge in [0.15, 0.2) is 0 Å². The van der Waals surface area contributed by atoms with Crippen molar-refractivity contribution in [3.63, 3.8) is 0 Å². The van der Waals surface area contributed by atoms with Crippen molar-refractivity contribution >= 4 is 11.9 Å². The number of esters is 1. The van der Waals surface area contributed by atoms with Gasteiger partial charge in [-0.05, 0) is 25.7 Å². The number of halogens is 3. The van der Waals surface area contributed by atoms with Crippen LogP contribution < -0.4 is 0 Å². The summed E-state index contributed by atoms with van der Waals surface area (Å²) in [5, 5.41) is 0. The van der Waals surface area contributed by atoms with Crippen LogP contribution in [0.1, 0.15) is 32.1 Å². The van der Waals surface area contributed by atoms with Gasteiger partial charge in [0.1, 0.15) is 0 Å². The van der Waals surface area contributed by atoms with Crippen molar-refractivity contribution in [1.82, 2.24) is 4.90 Å². The predicted octanol–water partition coefficient (Wildman–Crippen LogP) is 2.13. The lowest BCUT2D eigenvalue weighted by Crippen LogP contribution is -2.41. The quantitative estimate of drug-likeness (QED) is 0.733. The maximum Gasteiger partial charge on any atom is 0.391 e. The number of hydrogen-bond donors (Lipinski definition) is 0. The van der Waals surface area contributed by atoms with E-state index in [2.05, 4.69) is 4.74 Å². The number of alkyl halides is 3. The summed E-state index contributed by atoms with van der Waals surface area (Å²) in [6.07, 6.45) is -3.23. The lowest BCUT2D eigenvalue weighted by atomic mass is 9.85. The fraction of sp³-hybridized carbons (Fsp3) is 0.846. The first-order valence-electron chi connectivity index (χ1n) is 6.77. The third-order valence-corrected chi connectivity index (χ3v) is 4.29. The highest BCUT2D eigenvalue weighted by atomic mass is 19.4. The smallest absolute Gasteiger partial charge is 0.391 e. The minimum absolute atomic E-state index is 0.0564. The Hall–Kier alpha value is -1.27. The molecule has 1 aliphatic carbocycles. The molecule has 1 heterocycles. The van der Waals surface area contributed by atoms with Crippen molar-refractivity contribution in [3.05, 3.63) is 0 Å². The number of hydrogen-bond acceptors (Lipinski definition) is 3. The molecule has 1 unspecified atom stereocenters. The third kappa shape index (κ3) is 3.07. The minimum atomic E-state index is -4.14. The van der Waals surface area contributed by atoms with Crippen molar-refractivity contribution in [3.8, 4) is 0 Å². The molecule has 0 aromatic rings. The van der Waals surface area contributed by atoms with E-state index in [1.165, 1.54) is 7.11 Å². The molecule has 1 saturated heterocycles. The Morgan fingerprint density at radius 1 is 1.25 bits per heavy atom. The molecule has 0 radical (unpaired) electrons. The molecule has 114 valence electrons. The van der Waals surface area contributed by atoms with Gasteiger partial charge in [-0.25, -0.2) is 0 Å². The van der Waals surface area contributed by atoms with Crippen molar-refractivity contribution in [2.75, 3.05) is 13.7 Å². The fourth-order valence-electron chi connectivity index (χ4n) is 3.12. The lowest BCUT2D eigenvalue weighted by molar-refractivity contribution is -0.184. The van der Waals surface area contributed by atoms with Gasteiger partial charge >= 0.3 is 12.1 Å². The van der Waals surface area contributed by atoms with Crippen LogP contribution in [0.4, 0.5) is 13.2 Å². The van der Waals surface area contributed by atoms with Gasteiger partial charge in [-0.15, -0.1) is 0 Å². The van der Waals surface area contributed by atoms with Crippen LogP contribution in [0.5, 0.6) is 0 Å². The lowest BCUT2D eigenvalue weighted by Gasteiger charge is -2.35. The van der Waals surface area contributed by atoms with Crippen molar-refractivity contribution in [2.24, 2.45) is 11.8 Å². The summed E-state index contributed by atoms with van der Waals surface area (Å²) in [6.45, 7) is 0.271. The Bertz CT molecular complexity index is 389. The first-order chi connectivity index (χ1) is 9.32. The van der Waals surface area contributed by atoms with Crippen LogP contribution in [0.3, 0.4) is 0 Å². The molecule has 0 aromatic carbocycles. The summed E-state index contributed by atoms with van der Waals surface area (Å²) in [5.41, 5.74) is 0. The molecule has 2 fully saturated rings. The molecule has 1 saturated carbocycles. The van der Waals surface area contributed by atoms with Crippen LogP contribution in [-0.4, -0.2) is 42.6 Å². The number of ether oxygens (including phenoxy) is 1. The molecule has 4 nitrogen and oxygen atoms in total. The number of carbonyl (C=O) groups excluding carboxylic acids is 2. The second-order valence-electron chi connectivity index (χ2n) is 5.52. The Balaban J connectivity index is 1.91. The minimum Gasteiger partial charge on any atom is -0.469 e. The standard InChI is InChI=1S/C13H18F3NO3/c1-20-12(19)8-6-11(18)17(7-8)10-4-2-9(3-5-10)13(14,15)16/h8-10H,2-7H2,1H3. The molecular formula is C13H18F3NO3. The van der Waals surface area contributed by atoms with Gasteiger partial charge < -0.3 is 9.64 Å². The van der Waals surface area contributed by atoms with Gasteiger partial charge in [0, 0.05) is 19.0 Å². The summed E-state index contributed by atoms with van der Waals surface area (Å²) in [5.74, 6) is -2.32. The number of methoxy groups -OCH3 is 1. The van der Waals surface area contributed by atoms with E-state index in [-0.39, 0.29) is 37.8 Å². The first kappa shape index (κ1) is 15.1. The van der Waals surface area contributed by atoms with Gasteiger partial charge in [-0.2, -0.15) is 13.2 Å². The average molecular weight is 293 g/mol. The Kier molecular flexibility index (Phi) is 4.25. The number of nitrogens with zero attached hydrogens (tertiary/aromatic N) is 1. The highest BCUT2D eigenvalue weighted by Crippen LogP contribution is 2.39. The van der Waals surface area contributed by atoms with E-state index in [0.29, 0.717) is 12.8 Å². The Labute approximate surface area is 115 Å². The van der Waals surface area contributed by atoms with Crippen molar-refractivity contribution < 1.29 is 27.5 Å². The van der Waals surface area contributed by atoms with E-state index in [1.807, 2.05) is 0 Å². The second-order valence-corrected chi connectivity index (χ2v) is 5.52. The van der Waals surface area contributed by atoms with Crippen molar-refractivity contribution in [2.45, 2.75) is 44.3 Å².